The third-order valence-electron chi connectivity index (χ3n) is 6.31. The number of carbonyl (C=O) groups is 2. The Hall–Kier alpha value is -2.63. The number of hydrogen-bond donors (Lipinski definition) is 0. The summed E-state index contributed by atoms with van der Waals surface area (Å²) in [6.07, 6.45) is 2.66. The van der Waals surface area contributed by atoms with E-state index in [2.05, 4.69) is 17.3 Å². The van der Waals surface area contributed by atoms with Crippen molar-refractivity contribution in [3.8, 4) is 0 Å². The van der Waals surface area contributed by atoms with Gasteiger partial charge in [-0.25, -0.2) is 0 Å². The number of likely N-dealkylation sites (tertiary alicyclic amines) is 2. The predicted octanol–water partition coefficient (Wildman–Crippen LogP) is 3.24. The average molecular weight is 381 g/mol. The summed E-state index contributed by atoms with van der Waals surface area (Å²) in [6, 6.07) is 11.8. The van der Waals surface area contributed by atoms with Crippen LogP contribution >= 0.6 is 0 Å². The molecule has 1 atom stereocenters. The topological polar surface area (TPSA) is 66.7 Å². The highest BCUT2D eigenvalue weighted by molar-refractivity contribution is 5.91. The van der Waals surface area contributed by atoms with E-state index in [0.717, 1.165) is 37.9 Å². The Bertz CT molecular complexity index is 853. The van der Waals surface area contributed by atoms with E-state index in [1.807, 2.05) is 41.8 Å². The van der Waals surface area contributed by atoms with Crippen molar-refractivity contribution < 1.29 is 14.1 Å². The van der Waals surface area contributed by atoms with Crippen LogP contribution in [0, 0.1) is 12.3 Å². The molecule has 4 rings (SSSR count). The van der Waals surface area contributed by atoms with Crippen LogP contribution in [-0.2, 0) is 4.79 Å². The zero-order chi connectivity index (χ0) is 19.7. The number of piperidine rings is 2. The maximum Gasteiger partial charge on any atom is 0.292 e. The first-order valence-electron chi connectivity index (χ1n) is 10.1. The fourth-order valence-corrected chi connectivity index (χ4v) is 4.67. The van der Waals surface area contributed by atoms with Gasteiger partial charge in [0.05, 0.1) is 11.6 Å². The summed E-state index contributed by atoms with van der Waals surface area (Å²) in [5.74, 6) is 0.364. The van der Waals surface area contributed by atoms with Gasteiger partial charge in [-0.05, 0) is 44.1 Å². The lowest BCUT2D eigenvalue weighted by atomic mass is 9.67. The average Bonchev–Trinajstić information content (AvgIpc) is 3.17. The van der Waals surface area contributed by atoms with Crippen LogP contribution in [0.25, 0.3) is 0 Å². The van der Waals surface area contributed by atoms with E-state index in [4.69, 9.17) is 4.52 Å². The van der Waals surface area contributed by atoms with Gasteiger partial charge in [-0.15, -0.1) is 0 Å². The smallest absolute Gasteiger partial charge is 0.292 e. The van der Waals surface area contributed by atoms with E-state index < -0.39 is 0 Å². The first-order valence-corrected chi connectivity index (χ1v) is 10.1. The normalized spacial score (nSPS) is 21.9. The van der Waals surface area contributed by atoms with Crippen LogP contribution in [0.15, 0.2) is 40.9 Å². The number of benzene rings is 1. The monoisotopic (exact) mass is 381 g/mol. The van der Waals surface area contributed by atoms with Crippen molar-refractivity contribution in [2.45, 2.75) is 39.0 Å². The van der Waals surface area contributed by atoms with Gasteiger partial charge in [0.1, 0.15) is 0 Å². The minimum atomic E-state index is -0.0888. The van der Waals surface area contributed by atoms with Crippen molar-refractivity contribution >= 4 is 11.8 Å². The van der Waals surface area contributed by atoms with E-state index in [0.29, 0.717) is 24.5 Å². The molecule has 2 aliphatic rings. The summed E-state index contributed by atoms with van der Waals surface area (Å²) in [4.78, 5) is 29.5. The van der Waals surface area contributed by atoms with Gasteiger partial charge in [-0.2, -0.15) is 0 Å². The molecule has 1 unspecified atom stereocenters. The molecule has 0 aliphatic carbocycles. The lowest BCUT2D eigenvalue weighted by molar-refractivity contribution is -0.141. The fourth-order valence-electron chi connectivity index (χ4n) is 4.67. The van der Waals surface area contributed by atoms with Gasteiger partial charge in [0.2, 0.25) is 11.7 Å². The molecule has 148 valence electrons. The van der Waals surface area contributed by atoms with Gasteiger partial charge in [-0.3, -0.25) is 9.59 Å². The summed E-state index contributed by atoms with van der Waals surface area (Å²) in [6.45, 7) is 6.74. The van der Waals surface area contributed by atoms with Gasteiger partial charge in [0, 0.05) is 32.2 Å². The fraction of sp³-hybridized carbons (Fsp3) is 0.500. The summed E-state index contributed by atoms with van der Waals surface area (Å²) in [7, 11) is 0. The molecule has 2 saturated heterocycles. The zero-order valence-corrected chi connectivity index (χ0v) is 16.6. The Labute approximate surface area is 165 Å². The Kier molecular flexibility index (Phi) is 4.96. The first-order chi connectivity index (χ1) is 13.5. The molecule has 28 heavy (non-hydrogen) atoms. The van der Waals surface area contributed by atoms with E-state index in [1.165, 1.54) is 0 Å². The maximum absolute atomic E-state index is 13.0. The number of likely N-dealkylation sites (N-methyl/N-ethyl adjacent to an activating group) is 1. The van der Waals surface area contributed by atoms with Crippen LogP contribution < -0.4 is 0 Å². The largest absolute Gasteiger partial charge is 0.351 e. The Morgan fingerprint density at radius 2 is 1.96 bits per heavy atom. The first kappa shape index (κ1) is 18.7. The third-order valence-corrected chi connectivity index (χ3v) is 6.31. The molecule has 2 fully saturated rings. The van der Waals surface area contributed by atoms with Crippen molar-refractivity contribution in [1.29, 1.82) is 0 Å². The Morgan fingerprint density at radius 3 is 2.57 bits per heavy atom. The summed E-state index contributed by atoms with van der Waals surface area (Å²) >= 11 is 0. The maximum atomic E-state index is 13.0. The molecule has 1 spiro atoms. The van der Waals surface area contributed by atoms with Gasteiger partial charge >= 0.3 is 0 Å². The quantitative estimate of drug-likeness (QED) is 0.819. The lowest BCUT2D eigenvalue weighted by Gasteiger charge is -2.49. The molecule has 0 N–H and O–H groups in total. The van der Waals surface area contributed by atoms with Crippen molar-refractivity contribution in [3.63, 3.8) is 0 Å². The van der Waals surface area contributed by atoms with Crippen LogP contribution in [-0.4, -0.2) is 52.9 Å². The Morgan fingerprint density at radius 1 is 1.25 bits per heavy atom. The van der Waals surface area contributed by atoms with Crippen molar-refractivity contribution in [2.24, 2.45) is 5.41 Å². The van der Waals surface area contributed by atoms with Gasteiger partial charge in [-0.1, -0.05) is 35.5 Å². The van der Waals surface area contributed by atoms with Gasteiger partial charge in [0.15, 0.2) is 0 Å². The predicted molar refractivity (Wildman–Crippen MR) is 105 cm³/mol. The van der Waals surface area contributed by atoms with Gasteiger partial charge < -0.3 is 14.3 Å². The SMILES string of the molecule is CCN1CC2(CCN(C(=O)c3cc(C)no3)CC2)CC(c2ccccc2)C1=O. The zero-order valence-electron chi connectivity index (χ0n) is 16.6. The highest BCUT2D eigenvalue weighted by atomic mass is 16.5. The Balaban J connectivity index is 1.50. The molecule has 6 heteroatoms. The number of nitrogens with zero attached hydrogens (tertiary/aromatic N) is 3. The van der Waals surface area contributed by atoms with Crippen molar-refractivity contribution in [2.75, 3.05) is 26.2 Å². The molecule has 0 saturated carbocycles. The highest BCUT2D eigenvalue weighted by Gasteiger charge is 2.46. The number of rotatable bonds is 3. The standard InChI is InChI=1S/C22H27N3O3/c1-3-24-15-22(14-18(20(24)26)17-7-5-4-6-8-17)9-11-25(12-10-22)21(27)19-13-16(2)23-28-19/h4-8,13,18H,3,9-12,14-15H2,1-2H3. The van der Waals surface area contributed by atoms with Crippen molar-refractivity contribution in [1.82, 2.24) is 15.0 Å². The lowest BCUT2D eigenvalue weighted by Crippen LogP contribution is -2.54. The summed E-state index contributed by atoms with van der Waals surface area (Å²) < 4.78 is 5.15. The minimum Gasteiger partial charge on any atom is -0.351 e. The third kappa shape index (κ3) is 3.43. The molecule has 6 nitrogen and oxygen atoms in total. The molecule has 0 radical (unpaired) electrons. The highest BCUT2D eigenvalue weighted by Crippen LogP contribution is 2.45. The summed E-state index contributed by atoms with van der Waals surface area (Å²) in [5, 5.41) is 3.82. The van der Waals surface area contributed by atoms with Crippen LogP contribution in [0.2, 0.25) is 0 Å². The molecule has 3 heterocycles. The van der Waals surface area contributed by atoms with Crippen LogP contribution in [0.3, 0.4) is 0 Å². The second-order valence-corrected chi connectivity index (χ2v) is 8.14. The second kappa shape index (κ2) is 7.41. The van der Waals surface area contributed by atoms with E-state index in [1.54, 1.807) is 6.07 Å². The molecule has 2 amide bonds. The number of hydrogen-bond acceptors (Lipinski definition) is 4. The van der Waals surface area contributed by atoms with Gasteiger partial charge in [0.25, 0.3) is 5.91 Å². The van der Waals surface area contributed by atoms with Crippen molar-refractivity contribution in [3.05, 3.63) is 53.4 Å². The molecule has 1 aromatic heterocycles. The van der Waals surface area contributed by atoms with E-state index in [9.17, 15) is 9.59 Å². The van der Waals surface area contributed by atoms with Crippen LogP contribution in [0.1, 0.15) is 53.9 Å². The molecular formula is C22H27N3O3. The number of amides is 2. The van der Waals surface area contributed by atoms with Crippen LogP contribution in [0.5, 0.6) is 0 Å². The summed E-state index contributed by atoms with van der Waals surface area (Å²) in [5.41, 5.74) is 1.88. The molecule has 2 aliphatic heterocycles. The van der Waals surface area contributed by atoms with E-state index >= 15 is 0 Å². The number of aryl methyl sites for hydroxylation is 1. The minimum absolute atomic E-state index is 0.0680. The van der Waals surface area contributed by atoms with Crippen LogP contribution in [0.4, 0.5) is 0 Å². The van der Waals surface area contributed by atoms with E-state index in [-0.39, 0.29) is 23.1 Å². The number of aromatic nitrogens is 1. The number of carbonyl (C=O) groups excluding carboxylic acids is 2. The molecular weight excluding hydrogens is 354 g/mol. The molecule has 1 aromatic carbocycles. The molecule has 0 bridgehead atoms. The second-order valence-electron chi connectivity index (χ2n) is 8.14. The molecule has 2 aromatic rings.